The molecule has 2 fully saturated rings. The molecule has 0 aromatic heterocycles. The number of nitrogens with zero attached hydrogens (tertiary/aromatic N) is 2. The van der Waals surface area contributed by atoms with E-state index in [1.807, 2.05) is 4.90 Å². The minimum atomic E-state index is -3.53. The second kappa shape index (κ2) is 8.56. The standard InChI is InChI=1S/C19H27FN2O4S/c1-21(13-15-12-19(23)22(14-15)16-6-2-3-7-16)27(24,25)11-10-26-18-9-5-4-8-17(18)20/h4-5,8-9,15-16H,2-3,6-7,10-14H2,1H3. The average molecular weight is 399 g/mol. The zero-order chi connectivity index (χ0) is 19.4. The van der Waals surface area contributed by atoms with Gasteiger partial charge in [-0.1, -0.05) is 25.0 Å². The number of halogens is 1. The third kappa shape index (κ3) is 4.99. The van der Waals surface area contributed by atoms with Crippen LogP contribution in [0.15, 0.2) is 24.3 Å². The fourth-order valence-electron chi connectivity index (χ4n) is 3.95. The average Bonchev–Trinajstić information content (AvgIpc) is 3.26. The maximum absolute atomic E-state index is 13.5. The van der Waals surface area contributed by atoms with Gasteiger partial charge in [0.25, 0.3) is 0 Å². The number of para-hydroxylation sites is 1. The first-order chi connectivity index (χ1) is 12.9. The molecule has 0 radical (unpaired) electrons. The molecule has 0 N–H and O–H groups in total. The number of likely N-dealkylation sites (tertiary alicyclic amines) is 1. The van der Waals surface area contributed by atoms with Crippen molar-refractivity contribution in [1.82, 2.24) is 9.21 Å². The van der Waals surface area contributed by atoms with Crippen LogP contribution in [0.3, 0.4) is 0 Å². The zero-order valence-electron chi connectivity index (χ0n) is 15.6. The summed E-state index contributed by atoms with van der Waals surface area (Å²) in [5, 5.41) is 0. The van der Waals surface area contributed by atoms with Gasteiger partial charge in [0.05, 0.1) is 5.75 Å². The molecular formula is C19H27FN2O4S. The lowest BCUT2D eigenvalue weighted by atomic mass is 10.1. The lowest BCUT2D eigenvalue weighted by Crippen LogP contribution is -2.37. The van der Waals surface area contributed by atoms with Crippen molar-refractivity contribution in [2.24, 2.45) is 5.92 Å². The molecule has 27 heavy (non-hydrogen) atoms. The number of rotatable bonds is 8. The summed E-state index contributed by atoms with van der Waals surface area (Å²) < 4.78 is 45.0. The van der Waals surface area contributed by atoms with E-state index in [1.54, 1.807) is 12.1 Å². The number of carbonyl (C=O) groups is 1. The van der Waals surface area contributed by atoms with Crippen LogP contribution in [-0.2, 0) is 14.8 Å². The van der Waals surface area contributed by atoms with Crippen LogP contribution in [0.4, 0.5) is 4.39 Å². The molecule has 1 saturated heterocycles. The highest BCUT2D eigenvalue weighted by Crippen LogP contribution is 2.30. The van der Waals surface area contributed by atoms with Gasteiger partial charge < -0.3 is 9.64 Å². The smallest absolute Gasteiger partial charge is 0.223 e. The van der Waals surface area contributed by atoms with E-state index >= 15 is 0 Å². The highest BCUT2D eigenvalue weighted by atomic mass is 32.2. The van der Waals surface area contributed by atoms with E-state index in [9.17, 15) is 17.6 Å². The van der Waals surface area contributed by atoms with Gasteiger partial charge in [0.15, 0.2) is 11.6 Å². The molecule has 1 aliphatic heterocycles. The summed E-state index contributed by atoms with van der Waals surface area (Å²) >= 11 is 0. The lowest BCUT2D eigenvalue weighted by molar-refractivity contribution is -0.129. The first-order valence-corrected chi connectivity index (χ1v) is 11.1. The van der Waals surface area contributed by atoms with Crippen molar-refractivity contribution >= 4 is 15.9 Å². The van der Waals surface area contributed by atoms with Gasteiger partial charge >= 0.3 is 0 Å². The Hall–Kier alpha value is -1.67. The predicted octanol–water partition coefficient (Wildman–Crippen LogP) is 2.26. The van der Waals surface area contributed by atoms with Gasteiger partial charge in [-0.25, -0.2) is 17.1 Å². The molecule has 3 rings (SSSR count). The second-order valence-electron chi connectivity index (χ2n) is 7.43. The predicted molar refractivity (Wildman–Crippen MR) is 100 cm³/mol. The Morgan fingerprint density at radius 1 is 1.26 bits per heavy atom. The van der Waals surface area contributed by atoms with Crippen LogP contribution in [0, 0.1) is 11.7 Å². The molecule has 1 unspecified atom stereocenters. The van der Waals surface area contributed by atoms with Crippen LogP contribution in [-0.4, -0.2) is 62.1 Å². The maximum atomic E-state index is 13.5. The number of amides is 1. The highest BCUT2D eigenvalue weighted by molar-refractivity contribution is 7.89. The maximum Gasteiger partial charge on any atom is 0.223 e. The highest BCUT2D eigenvalue weighted by Gasteiger charge is 2.36. The number of benzene rings is 1. The van der Waals surface area contributed by atoms with E-state index in [-0.39, 0.29) is 29.9 Å². The van der Waals surface area contributed by atoms with Crippen molar-refractivity contribution in [3.63, 3.8) is 0 Å². The fourth-order valence-corrected chi connectivity index (χ4v) is 4.99. The van der Waals surface area contributed by atoms with Crippen LogP contribution < -0.4 is 4.74 Å². The van der Waals surface area contributed by atoms with E-state index in [1.165, 1.54) is 23.5 Å². The molecule has 6 nitrogen and oxygen atoms in total. The van der Waals surface area contributed by atoms with E-state index in [0.717, 1.165) is 25.7 Å². The molecule has 1 atom stereocenters. The topological polar surface area (TPSA) is 66.9 Å². The minimum Gasteiger partial charge on any atom is -0.489 e. The first kappa shape index (κ1) is 20.1. The summed E-state index contributed by atoms with van der Waals surface area (Å²) in [6, 6.07) is 6.24. The summed E-state index contributed by atoms with van der Waals surface area (Å²) in [5.74, 6) is -0.542. The summed E-state index contributed by atoms with van der Waals surface area (Å²) in [7, 11) is -2.00. The Bertz CT molecular complexity index is 765. The minimum absolute atomic E-state index is 0.0189. The van der Waals surface area contributed by atoms with Gasteiger partial charge in [-0.2, -0.15) is 0 Å². The van der Waals surface area contributed by atoms with Gasteiger partial charge in [-0.15, -0.1) is 0 Å². The Morgan fingerprint density at radius 2 is 1.96 bits per heavy atom. The van der Waals surface area contributed by atoms with E-state index in [2.05, 4.69) is 0 Å². The van der Waals surface area contributed by atoms with Gasteiger partial charge in [0, 0.05) is 32.6 Å². The van der Waals surface area contributed by atoms with Gasteiger partial charge in [-0.3, -0.25) is 4.79 Å². The Balaban J connectivity index is 1.48. The number of hydrogen-bond acceptors (Lipinski definition) is 4. The van der Waals surface area contributed by atoms with Crippen molar-refractivity contribution in [1.29, 1.82) is 0 Å². The van der Waals surface area contributed by atoms with Crippen LogP contribution in [0.5, 0.6) is 5.75 Å². The molecule has 150 valence electrons. The van der Waals surface area contributed by atoms with Gasteiger partial charge in [0.2, 0.25) is 15.9 Å². The Kier molecular flexibility index (Phi) is 6.37. The van der Waals surface area contributed by atoms with E-state index < -0.39 is 15.8 Å². The van der Waals surface area contributed by atoms with Crippen LogP contribution in [0.2, 0.25) is 0 Å². The molecule has 8 heteroatoms. The number of carbonyl (C=O) groups excluding carboxylic acids is 1. The van der Waals surface area contributed by atoms with Crippen LogP contribution in [0.1, 0.15) is 32.1 Å². The molecule has 1 aliphatic carbocycles. The molecule has 1 aromatic carbocycles. The van der Waals surface area contributed by atoms with Crippen molar-refractivity contribution < 1.29 is 22.3 Å². The normalized spacial score (nSPS) is 21.4. The molecular weight excluding hydrogens is 371 g/mol. The summed E-state index contributed by atoms with van der Waals surface area (Å²) in [5.41, 5.74) is 0. The number of sulfonamides is 1. The molecule has 0 spiro atoms. The molecule has 0 bridgehead atoms. The quantitative estimate of drug-likeness (QED) is 0.674. The summed E-state index contributed by atoms with van der Waals surface area (Å²) in [6.07, 6.45) is 4.84. The van der Waals surface area contributed by atoms with Gasteiger partial charge in [-0.05, 0) is 30.9 Å². The van der Waals surface area contributed by atoms with E-state index in [4.69, 9.17) is 4.74 Å². The first-order valence-electron chi connectivity index (χ1n) is 9.47. The van der Waals surface area contributed by atoms with E-state index in [0.29, 0.717) is 25.6 Å². The molecule has 2 aliphatic rings. The fraction of sp³-hybridized carbons (Fsp3) is 0.632. The third-order valence-corrected chi connectivity index (χ3v) is 7.21. The monoisotopic (exact) mass is 398 g/mol. The van der Waals surface area contributed by atoms with Crippen molar-refractivity contribution in [2.75, 3.05) is 32.5 Å². The second-order valence-corrected chi connectivity index (χ2v) is 9.63. The SMILES string of the molecule is CN(CC1CC(=O)N(C2CCCC2)C1)S(=O)(=O)CCOc1ccccc1F. The van der Waals surface area contributed by atoms with Crippen molar-refractivity contribution in [2.45, 2.75) is 38.1 Å². The zero-order valence-corrected chi connectivity index (χ0v) is 16.5. The summed E-state index contributed by atoms with van der Waals surface area (Å²) in [4.78, 5) is 14.2. The molecule has 1 aromatic rings. The largest absolute Gasteiger partial charge is 0.489 e. The van der Waals surface area contributed by atoms with Crippen LogP contribution in [0.25, 0.3) is 0 Å². The van der Waals surface area contributed by atoms with Crippen molar-refractivity contribution in [3.8, 4) is 5.75 Å². The van der Waals surface area contributed by atoms with Gasteiger partial charge in [0.1, 0.15) is 6.61 Å². The van der Waals surface area contributed by atoms with Crippen LogP contribution >= 0.6 is 0 Å². The lowest BCUT2D eigenvalue weighted by Gasteiger charge is -2.25. The molecule has 1 heterocycles. The number of ether oxygens (including phenoxy) is 1. The Morgan fingerprint density at radius 3 is 2.67 bits per heavy atom. The molecule has 1 saturated carbocycles. The summed E-state index contributed by atoms with van der Waals surface area (Å²) in [6.45, 7) is 0.831. The van der Waals surface area contributed by atoms with Crippen molar-refractivity contribution in [3.05, 3.63) is 30.1 Å². The number of hydrogen-bond donors (Lipinski definition) is 0. The third-order valence-electron chi connectivity index (χ3n) is 5.43. The Labute approximate surface area is 160 Å². The molecule has 1 amide bonds.